The maximum atomic E-state index is 11.6. The van der Waals surface area contributed by atoms with E-state index >= 15 is 0 Å². The molecule has 16 heavy (non-hydrogen) atoms. The lowest BCUT2D eigenvalue weighted by atomic mass is 10.1. The fourth-order valence-electron chi connectivity index (χ4n) is 1.51. The largest absolute Gasteiger partial charge is 0.464 e. The molecule has 0 N–H and O–H groups in total. The molecule has 2 aromatic rings. The fourth-order valence-corrected chi connectivity index (χ4v) is 1.51. The van der Waals surface area contributed by atoms with Gasteiger partial charge in [0.1, 0.15) is 5.58 Å². The van der Waals surface area contributed by atoms with Gasteiger partial charge in [-0.2, -0.15) is 0 Å². The molecule has 84 valence electrons. The van der Waals surface area contributed by atoms with Crippen LogP contribution in [0.4, 0.5) is 0 Å². The van der Waals surface area contributed by atoms with Crippen LogP contribution in [-0.4, -0.2) is 25.1 Å². The number of likely N-dealkylation sites (N-methyl/N-ethyl adjacent to an activating group) is 1. The highest BCUT2D eigenvalue weighted by atomic mass is 16.7. The Labute approximate surface area is 93.4 Å². The molecule has 0 bridgehead atoms. The van der Waals surface area contributed by atoms with Crippen LogP contribution in [0.5, 0.6) is 0 Å². The van der Waals surface area contributed by atoms with Gasteiger partial charge in [0.15, 0.2) is 0 Å². The number of furan rings is 1. The minimum Gasteiger partial charge on any atom is -0.464 e. The molecule has 0 aliphatic carbocycles. The van der Waals surface area contributed by atoms with Gasteiger partial charge in [-0.15, -0.1) is 0 Å². The van der Waals surface area contributed by atoms with Gasteiger partial charge in [0.25, 0.3) is 0 Å². The van der Waals surface area contributed by atoms with E-state index in [4.69, 9.17) is 9.25 Å². The van der Waals surface area contributed by atoms with Crippen LogP contribution in [-0.2, 0) is 16.1 Å². The minimum absolute atomic E-state index is 0.0784. The molecule has 0 spiro atoms. The Hall–Kier alpha value is -1.81. The van der Waals surface area contributed by atoms with Crippen molar-refractivity contribution in [3.63, 3.8) is 0 Å². The lowest BCUT2D eigenvalue weighted by Crippen LogP contribution is -2.26. The minimum atomic E-state index is -0.0784. The van der Waals surface area contributed by atoms with Crippen molar-refractivity contribution in [1.29, 1.82) is 0 Å². The quantitative estimate of drug-likeness (QED) is 0.741. The topological polar surface area (TPSA) is 42.7 Å². The predicted molar refractivity (Wildman–Crippen MR) is 59.7 cm³/mol. The average Bonchev–Trinajstić information content (AvgIpc) is 2.75. The second-order valence-electron chi connectivity index (χ2n) is 3.54. The third-order valence-corrected chi connectivity index (χ3v) is 2.50. The highest BCUT2D eigenvalue weighted by molar-refractivity contribution is 5.82. The summed E-state index contributed by atoms with van der Waals surface area (Å²) in [7, 11) is 3.07. The highest BCUT2D eigenvalue weighted by Crippen LogP contribution is 2.17. The summed E-state index contributed by atoms with van der Waals surface area (Å²) < 4.78 is 5.23. The smallest absolute Gasteiger partial charge is 0.250 e. The van der Waals surface area contributed by atoms with Gasteiger partial charge >= 0.3 is 0 Å². The number of nitrogens with zero attached hydrogens (tertiary/aromatic N) is 1. The zero-order valence-electron chi connectivity index (χ0n) is 9.27. The predicted octanol–water partition coefficient (Wildman–Crippen LogP) is 2.00. The highest BCUT2D eigenvalue weighted by Gasteiger charge is 2.09. The first-order valence-corrected chi connectivity index (χ1v) is 4.97. The molecule has 1 aromatic heterocycles. The van der Waals surface area contributed by atoms with E-state index in [2.05, 4.69) is 0 Å². The van der Waals surface area contributed by atoms with Crippen molar-refractivity contribution in [3.8, 4) is 0 Å². The second-order valence-corrected chi connectivity index (χ2v) is 3.54. The first-order valence-electron chi connectivity index (χ1n) is 4.97. The van der Waals surface area contributed by atoms with Crippen LogP contribution < -0.4 is 0 Å². The van der Waals surface area contributed by atoms with E-state index in [1.54, 1.807) is 13.3 Å². The Balaban J connectivity index is 2.17. The van der Waals surface area contributed by atoms with E-state index in [-0.39, 0.29) is 5.91 Å². The molecule has 4 heteroatoms. The normalized spacial score (nSPS) is 10.6. The third kappa shape index (κ3) is 2.06. The maximum absolute atomic E-state index is 11.6. The van der Waals surface area contributed by atoms with Crippen LogP contribution in [0.3, 0.4) is 0 Å². The Morgan fingerprint density at radius 2 is 2.25 bits per heavy atom. The van der Waals surface area contributed by atoms with Crippen molar-refractivity contribution in [2.24, 2.45) is 0 Å². The molecular formula is C12H13NO3. The number of carbonyl (C=O) groups excluding carboxylic acids is 1. The molecule has 4 nitrogen and oxygen atoms in total. The molecule has 1 heterocycles. The van der Waals surface area contributed by atoms with Gasteiger partial charge in [0.2, 0.25) is 5.91 Å². The summed E-state index contributed by atoms with van der Waals surface area (Å²) in [5, 5.41) is 2.23. The Morgan fingerprint density at radius 3 is 3.00 bits per heavy atom. The van der Waals surface area contributed by atoms with Gasteiger partial charge in [0.05, 0.1) is 19.8 Å². The summed E-state index contributed by atoms with van der Waals surface area (Å²) in [6.45, 7) is 0. The van der Waals surface area contributed by atoms with E-state index in [0.29, 0.717) is 6.42 Å². The zero-order chi connectivity index (χ0) is 11.5. The van der Waals surface area contributed by atoms with E-state index in [0.717, 1.165) is 16.5 Å². The van der Waals surface area contributed by atoms with E-state index < -0.39 is 0 Å². The van der Waals surface area contributed by atoms with E-state index in [9.17, 15) is 4.79 Å². The Kier molecular flexibility index (Phi) is 2.92. The molecule has 0 saturated heterocycles. The number of amides is 1. The molecule has 0 aliphatic heterocycles. The van der Waals surface area contributed by atoms with E-state index in [1.165, 1.54) is 12.2 Å². The standard InChI is InChI=1S/C12H13NO3/c1-13(15-2)12(14)8-9-3-4-11-10(7-9)5-6-16-11/h3-7H,8H2,1-2H3. The summed E-state index contributed by atoms with van der Waals surface area (Å²) in [4.78, 5) is 16.4. The summed E-state index contributed by atoms with van der Waals surface area (Å²) in [5.41, 5.74) is 1.78. The molecule has 2 rings (SSSR count). The first kappa shape index (κ1) is 10.7. The van der Waals surface area contributed by atoms with Crippen molar-refractivity contribution in [2.45, 2.75) is 6.42 Å². The molecule has 1 aromatic carbocycles. The number of rotatable bonds is 3. The van der Waals surface area contributed by atoms with Crippen molar-refractivity contribution >= 4 is 16.9 Å². The second kappa shape index (κ2) is 4.37. The molecule has 0 unspecified atom stereocenters. The van der Waals surface area contributed by atoms with Crippen LogP contribution in [0.25, 0.3) is 11.0 Å². The maximum Gasteiger partial charge on any atom is 0.250 e. The summed E-state index contributed by atoms with van der Waals surface area (Å²) in [5.74, 6) is -0.0784. The summed E-state index contributed by atoms with van der Waals surface area (Å²) >= 11 is 0. The monoisotopic (exact) mass is 219 g/mol. The number of hydrogen-bond donors (Lipinski definition) is 0. The molecule has 0 saturated carbocycles. The third-order valence-electron chi connectivity index (χ3n) is 2.50. The SMILES string of the molecule is CON(C)C(=O)Cc1ccc2occc2c1. The zero-order valence-corrected chi connectivity index (χ0v) is 9.27. The summed E-state index contributed by atoms with van der Waals surface area (Å²) in [6.07, 6.45) is 1.96. The van der Waals surface area contributed by atoms with Crippen LogP contribution >= 0.6 is 0 Å². The Morgan fingerprint density at radius 1 is 1.44 bits per heavy atom. The van der Waals surface area contributed by atoms with Gasteiger partial charge in [-0.05, 0) is 23.8 Å². The van der Waals surface area contributed by atoms with Gasteiger partial charge < -0.3 is 4.42 Å². The van der Waals surface area contributed by atoms with Crippen molar-refractivity contribution in [3.05, 3.63) is 36.1 Å². The van der Waals surface area contributed by atoms with E-state index in [1.807, 2.05) is 24.3 Å². The first-order chi connectivity index (χ1) is 7.70. The van der Waals surface area contributed by atoms with Crippen molar-refractivity contribution in [2.75, 3.05) is 14.2 Å². The van der Waals surface area contributed by atoms with Crippen molar-refractivity contribution < 1.29 is 14.0 Å². The lowest BCUT2D eigenvalue weighted by molar-refractivity contribution is -0.167. The molecular weight excluding hydrogens is 206 g/mol. The molecule has 1 amide bonds. The van der Waals surface area contributed by atoms with Crippen LogP contribution in [0.2, 0.25) is 0 Å². The fraction of sp³-hybridized carbons (Fsp3) is 0.250. The number of hydrogen-bond acceptors (Lipinski definition) is 3. The average molecular weight is 219 g/mol. The Bertz CT molecular complexity index is 504. The molecule has 0 atom stereocenters. The van der Waals surface area contributed by atoms with Gasteiger partial charge in [-0.3, -0.25) is 9.63 Å². The van der Waals surface area contributed by atoms with Crippen LogP contribution in [0, 0.1) is 0 Å². The van der Waals surface area contributed by atoms with Gasteiger partial charge in [0, 0.05) is 12.4 Å². The molecule has 0 aliphatic rings. The van der Waals surface area contributed by atoms with Crippen LogP contribution in [0.15, 0.2) is 34.9 Å². The lowest BCUT2D eigenvalue weighted by Gasteiger charge is -2.13. The number of benzene rings is 1. The van der Waals surface area contributed by atoms with Gasteiger partial charge in [-0.25, -0.2) is 5.06 Å². The number of hydroxylamine groups is 2. The van der Waals surface area contributed by atoms with Crippen LogP contribution in [0.1, 0.15) is 5.56 Å². The molecule has 0 radical (unpaired) electrons. The van der Waals surface area contributed by atoms with Crippen molar-refractivity contribution in [1.82, 2.24) is 5.06 Å². The number of fused-ring (bicyclic) bond motifs is 1. The number of carbonyl (C=O) groups is 1. The molecule has 0 fully saturated rings. The summed E-state index contributed by atoms with van der Waals surface area (Å²) in [6, 6.07) is 7.57. The van der Waals surface area contributed by atoms with Gasteiger partial charge in [-0.1, -0.05) is 6.07 Å².